The van der Waals surface area contributed by atoms with E-state index in [-0.39, 0.29) is 0 Å². The molecule has 1 fully saturated rings. The molecule has 2 N–H and O–H groups in total. The zero-order chi connectivity index (χ0) is 9.80. The summed E-state index contributed by atoms with van der Waals surface area (Å²) in [4.78, 5) is 0. The molecule has 2 rings (SSSR count). The highest BCUT2D eigenvalue weighted by Gasteiger charge is 2.24. The number of aryl methyl sites for hydroxylation is 1. The van der Waals surface area contributed by atoms with Crippen molar-refractivity contribution in [2.75, 3.05) is 6.54 Å². The quantitative estimate of drug-likeness (QED) is 0.665. The van der Waals surface area contributed by atoms with Crippen LogP contribution in [0.2, 0.25) is 0 Å². The molecule has 1 aromatic heterocycles. The fourth-order valence-corrected chi connectivity index (χ4v) is 1.53. The first-order chi connectivity index (χ1) is 6.90. The number of unbranched alkanes of at least 4 members (excludes halogenated alkanes) is 1. The predicted molar refractivity (Wildman–Crippen MR) is 52.5 cm³/mol. The van der Waals surface area contributed by atoms with Gasteiger partial charge in [0, 0.05) is 13.0 Å². The molecule has 0 spiro atoms. The summed E-state index contributed by atoms with van der Waals surface area (Å²) in [5, 5.41) is 11.7. The molecular formula is C9H17N5. The Morgan fingerprint density at radius 1 is 1.36 bits per heavy atom. The van der Waals surface area contributed by atoms with E-state index in [1.165, 1.54) is 12.8 Å². The molecule has 0 radical (unpaired) electrons. The molecule has 1 aliphatic rings. The van der Waals surface area contributed by atoms with Crippen LogP contribution in [0.5, 0.6) is 0 Å². The fraction of sp³-hybridized carbons (Fsp3) is 0.889. The number of rotatable bonds is 6. The van der Waals surface area contributed by atoms with E-state index in [1.54, 1.807) is 0 Å². The topological polar surface area (TPSA) is 69.6 Å². The Labute approximate surface area is 83.7 Å². The monoisotopic (exact) mass is 195 g/mol. The molecule has 5 nitrogen and oxygen atoms in total. The van der Waals surface area contributed by atoms with E-state index in [9.17, 15) is 0 Å². The molecule has 14 heavy (non-hydrogen) atoms. The lowest BCUT2D eigenvalue weighted by Crippen LogP contribution is -2.08. The van der Waals surface area contributed by atoms with Crippen LogP contribution < -0.4 is 5.73 Å². The third-order valence-electron chi connectivity index (χ3n) is 2.60. The van der Waals surface area contributed by atoms with Crippen molar-refractivity contribution >= 4 is 0 Å². The molecule has 1 saturated carbocycles. The van der Waals surface area contributed by atoms with Gasteiger partial charge in [0.25, 0.3) is 0 Å². The van der Waals surface area contributed by atoms with Crippen LogP contribution in [0, 0.1) is 5.92 Å². The maximum Gasteiger partial charge on any atom is 0.151 e. The molecule has 0 aliphatic heterocycles. The first-order valence-electron chi connectivity index (χ1n) is 5.35. The fourth-order valence-electron chi connectivity index (χ4n) is 1.53. The van der Waals surface area contributed by atoms with E-state index in [4.69, 9.17) is 5.73 Å². The Bertz CT molecular complexity index is 278. The second kappa shape index (κ2) is 4.50. The van der Waals surface area contributed by atoms with Gasteiger partial charge in [0.15, 0.2) is 5.82 Å². The zero-order valence-corrected chi connectivity index (χ0v) is 8.39. The molecule has 0 aromatic carbocycles. The summed E-state index contributed by atoms with van der Waals surface area (Å²) in [6.07, 6.45) is 5.85. The summed E-state index contributed by atoms with van der Waals surface area (Å²) in [5.41, 5.74) is 5.44. The third-order valence-corrected chi connectivity index (χ3v) is 2.60. The van der Waals surface area contributed by atoms with Crippen molar-refractivity contribution in [1.29, 1.82) is 0 Å². The van der Waals surface area contributed by atoms with Gasteiger partial charge >= 0.3 is 0 Å². The van der Waals surface area contributed by atoms with Crippen LogP contribution in [-0.4, -0.2) is 26.8 Å². The number of hydrogen-bond acceptors (Lipinski definition) is 4. The molecule has 78 valence electrons. The molecule has 1 aliphatic carbocycles. The minimum Gasteiger partial charge on any atom is -0.330 e. The zero-order valence-electron chi connectivity index (χ0n) is 8.39. The third kappa shape index (κ3) is 2.51. The first-order valence-corrected chi connectivity index (χ1v) is 5.35. The van der Waals surface area contributed by atoms with Gasteiger partial charge in [-0.25, -0.2) is 4.68 Å². The van der Waals surface area contributed by atoms with Crippen molar-refractivity contribution in [3.8, 4) is 0 Å². The lowest BCUT2D eigenvalue weighted by atomic mass is 10.2. The van der Waals surface area contributed by atoms with Crippen molar-refractivity contribution in [2.24, 2.45) is 11.7 Å². The highest BCUT2D eigenvalue weighted by molar-refractivity contribution is 4.89. The summed E-state index contributed by atoms with van der Waals surface area (Å²) < 4.78 is 1.92. The van der Waals surface area contributed by atoms with Gasteiger partial charge in [-0.3, -0.25) is 0 Å². The molecule has 0 unspecified atom stereocenters. The number of nitrogens with two attached hydrogens (primary N) is 1. The van der Waals surface area contributed by atoms with Gasteiger partial charge in [-0.05, 0) is 48.6 Å². The van der Waals surface area contributed by atoms with Gasteiger partial charge in [-0.1, -0.05) is 0 Å². The molecule has 0 bridgehead atoms. The van der Waals surface area contributed by atoms with Crippen LogP contribution in [0.4, 0.5) is 0 Å². The molecule has 0 amide bonds. The van der Waals surface area contributed by atoms with E-state index in [1.807, 2.05) is 4.68 Å². The Balaban J connectivity index is 1.84. The van der Waals surface area contributed by atoms with E-state index in [0.29, 0.717) is 0 Å². The van der Waals surface area contributed by atoms with Gasteiger partial charge in [-0.2, -0.15) is 0 Å². The molecule has 1 heterocycles. The minimum atomic E-state index is 0.750. The Kier molecular flexibility index (Phi) is 3.08. The van der Waals surface area contributed by atoms with Gasteiger partial charge < -0.3 is 5.73 Å². The molecular weight excluding hydrogens is 178 g/mol. The number of nitrogens with zero attached hydrogens (tertiary/aromatic N) is 4. The second-order valence-corrected chi connectivity index (χ2v) is 3.96. The highest BCUT2D eigenvalue weighted by atomic mass is 15.5. The van der Waals surface area contributed by atoms with Crippen LogP contribution in [-0.2, 0) is 13.0 Å². The molecule has 5 heteroatoms. The first kappa shape index (κ1) is 9.58. The smallest absolute Gasteiger partial charge is 0.151 e. The summed E-state index contributed by atoms with van der Waals surface area (Å²) in [6, 6.07) is 0. The Morgan fingerprint density at radius 2 is 2.21 bits per heavy atom. The summed E-state index contributed by atoms with van der Waals surface area (Å²) in [5.74, 6) is 1.89. The lowest BCUT2D eigenvalue weighted by molar-refractivity contribution is 0.519. The van der Waals surface area contributed by atoms with Crippen LogP contribution in [0.15, 0.2) is 0 Å². The van der Waals surface area contributed by atoms with Crippen molar-refractivity contribution in [1.82, 2.24) is 20.2 Å². The van der Waals surface area contributed by atoms with Crippen LogP contribution >= 0.6 is 0 Å². The Hall–Kier alpha value is -0.970. The standard InChI is InChI=1S/C9H17N5/c10-5-1-2-6-14-9(11-12-13-14)7-8-3-4-8/h8H,1-7,10H2. The maximum atomic E-state index is 5.44. The average Bonchev–Trinajstić information content (AvgIpc) is 2.88. The predicted octanol–water partition coefficient (Wildman–Crippen LogP) is 0.364. The highest BCUT2D eigenvalue weighted by Crippen LogP contribution is 2.31. The normalized spacial score (nSPS) is 16.1. The summed E-state index contributed by atoms with van der Waals surface area (Å²) in [6.45, 7) is 1.66. The molecule has 0 atom stereocenters. The van der Waals surface area contributed by atoms with Crippen LogP contribution in [0.3, 0.4) is 0 Å². The Morgan fingerprint density at radius 3 is 2.93 bits per heavy atom. The summed E-state index contributed by atoms with van der Waals surface area (Å²) in [7, 11) is 0. The van der Waals surface area contributed by atoms with Crippen LogP contribution in [0.1, 0.15) is 31.5 Å². The maximum absolute atomic E-state index is 5.44. The van der Waals surface area contributed by atoms with Crippen molar-refractivity contribution < 1.29 is 0 Å². The summed E-state index contributed by atoms with van der Waals surface area (Å²) >= 11 is 0. The lowest BCUT2D eigenvalue weighted by Gasteiger charge is -2.02. The van der Waals surface area contributed by atoms with Gasteiger partial charge in [-0.15, -0.1) is 5.10 Å². The minimum absolute atomic E-state index is 0.750. The average molecular weight is 195 g/mol. The second-order valence-electron chi connectivity index (χ2n) is 3.96. The molecule has 1 aromatic rings. The van der Waals surface area contributed by atoms with E-state index in [0.717, 1.165) is 44.1 Å². The number of aromatic nitrogens is 4. The van der Waals surface area contributed by atoms with E-state index in [2.05, 4.69) is 15.5 Å². The van der Waals surface area contributed by atoms with E-state index < -0.39 is 0 Å². The SMILES string of the molecule is NCCCCn1nnnc1CC1CC1. The van der Waals surface area contributed by atoms with Gasteiger partial charge in [0.05, 0.1) is 0 Å². The van der Waals surface area contributed by atoms with Crippen molar-refractivity contribution in [2.45, 2.75) is 38.6 Å². The largest absolute Gasteiger partial charge is 0.330 e. The number of tetrazole rings is 1. The van der Waals surface area contributed by atoms with Crippen molar-refractivity contribution in [3.63, 3.8) is 0 Å². The van der Waals surface area contributed by atoms with Gasteiger partial charge in [0.2, 0.25) is 0 Å². The molecule has 0 saturated heterocycles. The van der Waals surface area contributed by atoms with Crippen LogP contribution in [0.25, 0.3) is 0 Å². The van der Waals surface area contributed by atoms with E-state index >= 15 is 0 Å². The number of hydrogen-bond donors (Lipinski definition) is 1. The van der Waals surface area contributed by atoms with Gasteiger partial charge in [0.1, 0.15) is 0 Å². The van der Waals surface area contributed by atoms with Crippen molar-refractivity contribution in [3.05, 3.63) is 5.82 Å².